The van der Waals surface area contributed by atoms with E-state index in [1.807, 2.05) is 13.8 Å². The number of pyridine rings is 1. The van der Waals surface area contributed by atoms with Gasteiger partial charge >= 0.3 is 25.9 Å². The molecule has 51 heavy (non-hydrogen) atoms. The lowest BCUT2D eigenvalue weighted by molar-refractivity contribution is -0.192. The SMILES string of the molecule is CCCCC(CCCC)(c1ccc(Nc2ncc(C(F)(F)F)c(NCc3cccnc3N(C)S(C)(=O)=O)n2)cc1)P(=O)(O)O.O=C(O)C(F)(F)F. The number of carbonyl (C=O) groups is 1. The third-order valence-corrected chi connectivity index (χ3v) is 10.6. The minimum Gasteiger partial charge on any atom is -0.475 e. The lowest BCUT2D eigenvalue weighted by atomic mass is 9.87. The standard InChI is InChI=1S/C28H38F3N6O5PS.C2HF3O2/c1-5-7-15-27(16-8-6-2,43(38,39)40)21-11-13-22(14-12-21)35-26-34-19-23(28(29,30)31)24(36-26)33-18-20-10-9-17-32-25(20)37(3)44(4,41)42;3-2(4,5)1(6)7/h9-14,17,19H,5-8,15-16,18H2,1-4H3,(H2,38,39,40)(H2,33,34,35,36);(H,6,7). The lowest BCUT2D eigenvalue weighted by Gasteiger charge is -2.35. The number of carboxylic acids is 1. The molecule has 2 heterocycles. The maximum Gasteiger partial charge on any atom is 0.490 e. The zero-order valence-corrected chi connectivity index (χ0v) is 29.7. The minimum absolute atomic E-state index is 0.0489. The molecule has 0 aliphatic rings. The Morgan fingerprint density at radius 2 is 1.51 bits per heavy atom. The van der Waals surface area contributed by atoms with Gasteiger partial charge in [-0.3, -0.25) is 8.87 Å². The summed E-state index contributed by atoms with van der Waals surface area (Å²) in [5.41, 5.74) is 0.0743. The van der Waals surface area contributed by atoms with Crippen molar-refractivity contribution in [2.45, 2.75) is 76.4 Å². The first-order valence-corrected chi connectivity index (χ1v) is 18.7. The number of sulfonamides is 1. The van der Waals surface area contributed by atoms with E-state index >= 15 is 0 Å². The van der Waals surface area contributed by atoms with Crippen LogP contribution in [0.1, 0.15) is 69.1 Å². The highest BCUT2D eigenvalue weighted by Crippen LogP contribution is 2.62. The Balaban J connectivity index is 0.00000116. The number of aromatic nitrogens is 3. The smallest absolute Gasteiger partial charge is 0.475 e. The van der Waals surface area contributed by atoms with Crippen molar-refractivity contribution in [3.63, 3.8) is 0 Å². The molecule has 3 aromatic rings. The molecule has 0 aliphatic carbocycles. The van der Waals surface area contributed by atoms with Crippen LogP contribution in [0.25, 0.3) is 0 Å². The van der Waals surface area contributed by atoms with E-state index in [0.717, 1.165) is 23.4 Å². The van der Waals surface area contributed by atoms with Crippen LogP contribution in [0.4, 0.5) is 49.6 Å². The van der Waals surface area contributed by atoms with E-state index in [1.165, 1.54) is 25.4 Å². The Morgan fingerprint density at radius 1 is 0.961 bits per heavy atom. The van der Waals surface area contributed by atoms with Crippen molar-refractivity contribution in [3.8, 4) is 0 Å². The number of nitrogens with zero attached hydrogens (tertiary/aromatic N) is 4. The molecule has 0 atom stereocenters. The van der Waals surface area contributed by atoms with E-state index < -0.39 is 52.5 Å². The molecule has 0 bridgehead atoms. The van der Waals surface area contributed by atoms with Gasteiger partial charge in [-0.15, -0.1) is 0 Å². The Morgan fingerprint density at radius 3 is 1.96 bits per heavy atom. The average molecular weight is 773 g/mol. The second kappa shape index (κ2) is 17.5. The molecule has 0 fully saturated rings. The Hall–Kier alpha value is -4.00. The Labute approximate surface area is 290 Å². The molecule has 284 valence electrons. The normalized spacial score (nSPS) is 12.5. The van der Waals surface area contributed by atoms with Gasteiger partial charge in [0.2, 0.25) is 16.0 Å². The summed E-state index contributed by atoms with van der Waals surface area (Å²) in [5.74, 6) is -3.41. The summed E-state index contributed by atoms with van der Waals surface area (Å²) >= 11 is 0. The van der Waals surface area contributed by atoms with Crippen molar-refractivity contribution in [3.05, 3.63) is 65.5 Å². The van der Waals surface area contributed by atoms with Crippen molar-refractivity contribution in [1.29, 1.82) is 0 Å². The molecule has 0 aliphatic heterocycles. The van der Waals surface area contributed by atoms with Gasteiger partial charge in [0.05, 0.1) is 11.4 Å². The molecule has 0 saturated carbocycles. The first-order chi connectivity index (χ1) is 23.5. The highest BCUT2D eigenvalue weighted by molar-refractivity contribution is 7.92. The molecule has 2 aromatic heterocycles. The van der Waals surface area contributed by atoms with E-state index in [4.69, 9.17) is 9.90 Å². The number of halogens is 6. The molecule has 0 amide bonds. The van der Waals surface area contributed by atoms with E-state index in [9.17, 15) is 49.1 Å². The lowest BCUT2D eigenvalue weighted by Crippen LogP contribution is -2.27. The van der Waals surface area contributed by atoms with Gasteiger partial charge < -0.3 is 25.5 Å². The fraction of sp³-hybridized carbons (Fsp3) is 0.467. The van der Waals surface area contributed by atoms with Crippen LogP contribution >= 0.6 is 7.60 Å². The molecule has 0 radical (unpaired) electrons. The van der Waals surface area contributed by atoms with Crippen LogP contribution in [0.2, 0.25) is 0 Å². The van der Waals surface area contributed by atoms with Crippen LogP contribution < -0.4 is 14.9 Å². The topological polar surface area (TPSA) is 195 Å². The number of carboxylic acid groups (broad SMARTS) is 1. The summed E-state index contributed by atoms with van der Waals surface area (Å²) in [5, 5.41) is 11.3. The Kier molecular flexibility index (Phi) is 14.8. The van der Waals surface area contributed by atoms with Gasteiger partial charge in [0.1, 0.15) is 17.2 Å². The maximum absolute atomic E-state index is 13.8. The summed E-state index contributed by atoms with van der Waals surface area (Å²) in [6, 6.07) is 9.44. The summed E-state index contributed by atoms with van der Waals surface area (Å²) in [7, 11) is -6.94. The quantitative estimate of drug-likeness (QED) is 0.0783. The highest BCUT2D eigenvalue weighted by atomic mass is 32.2. The maximum atomic E-state index is 13.8. The zero-order valence-electron chi connectivity index (χ0n) is 28.0. The number of anilines is 4. The third-order valence-electron chi connectivity index (χ3n) is 7.57. The molecule has 5 N–H and O–H groups in total. The summed E-state index contributed by atoms with van der Waals surface area (Å²) < 4.78 is 111. The van der Waals surface area contributed by atoms with E-state index in [0.29, 0.717) is 48.7 Å². The number of hydrogen-bond acceptors (Lipinski definition) is 9. The summed E-state index contributed by atoms with van der Waals surface area (Å²) in [6.07, 6.45) is -3.44. The number of hydrogen-bond donors (Lipinski definition) is 5. The van der Waals surface area contributed by atoms with Crippen LogP contribution in [-0.2, 0) is 37.3 Å². The van der Waals surface area contributed by atoms with Crippen molar-refractivity contribution in [2.24, 2.45) is 0 Å². The monoisotopic (exact) mass is 772 g/mol. The number of unbranched alkanes of at least 4 members (excludes halogenated alkanes) is 2. The number of alkyl halides is 6. The molecule has 21 heteroatoms. The zero-order chi connectivity index (χ0) is 38.8. The molecule has 0 unspecified atom stereocenters. The molecule has 0 spiro atoms. The molecular formula is C30H39F6N6O7PS. The largest absolute Gasteiger partial charge is 0.490 e. The van der Waals surface area contributed by atoms with Crippen LogP contribution in [0.15, 0.2) is 48.8 Å². The molecule has 13 nitrogen and oxygen atoms in total. The fourth-order valence-corrected chi connectivity index (χ4v) is 6.64. The van der Waals surface area contributed by atoms with Gasteiger partial charge in [0, 0.05) is 37.2 Å². The fourth-order valence-electron chi connectivity index (χ4n) is 4.78. The van der Waals surface area contributed by atoms with Crippen molar-refractivity contribution in [1.82, 2.24) is 15.0 Å². The van der Waals surface area contributed by atoms with E-state index in [2.05, 4.69) is 25.6 Å². The number of nitrogens with one attached hydrogen (secondary N) is 2. The molecule has 1 aromatic carbocycles. The second-order valence-electron chi connectivity index (χ2n) is 11.3. The van der Waals surface area contributed by atoms with Gasteiger partial charge in [-0.25, -0.2) is 23.2 Å². The molecular weight excluding hydrogens is 733 g/mol. The summed E-state index contributed by atoms with van der Waals surface area (Å²) in [4.78, 5) is 41.7. The summed E-state index contributed by atoms with van der Waals surface area (Å²) in [6.45, 7) is 3.68. The number of aliphatic carboxylic acids is 1. The first kappa shape index (κ1) is 43.2. The van der Waals surface area contributed by atoms with Crippen LogP contribution in [-0.4, -0.2) is 63.7 Å². The van der Waals surface area contributed by atoms with Gasteiger partial charge in [-0.2, -0.15) is 31.3 Å². The number of benzene rings is 1. The van der Waals surface area contributed by atoms with Crippen LogP contribution in [0, 0.1) is 0 Å². The minimum atomic E-state index is -5.08. The van der Waals surface area contributed by atoms with Gasteiger partial charge in [0.15, 0.2) is 0 Å². The van der Waals surface area contributed by atoms with Gasteiger partial charge in [0.25, 0.3) is 0 Å². The Bertz CT molecular complexity index is 1770. The predicted octanol–water partition coefficient (Wildman–Crippen LogP) is 7.03. The molecule has 0 saturated heterocycles. The highest BCUT2D eigenvalue weighted by Gasteiger charge is 2.47. The van der Waals surface area contributed by atoms with Gasteiger partial charge in [-0.05, 0) is 36.6 Å². The first-order valence-electron chi connectivity index (χ1n) is 15.3. The van der Waals surface area contributed by atoms with Crippen molar-refractivity contribution in [2.75, 3.05) is 28.2 Å². The van der Waals surface area contributed by atoms with Crippen LogP contribution in [0.5, 0.6) is 0 Å². The van der Waals surface area contributed by atoms with Crippen LogP contribution in [0.3, 0.4) is 0 Å². The second-order valence-corrected chi connectivity index (χ2v) is 15.3. The number of rotatable bonds is 15. The predicted molar refractivity (Wildman–Crippen MR) is 178 cm³/mol. The van der Waals surface area contributed by atoms with Crippen molar-refractivity contribution < 1.29 is 59.0 Å². The molecule has 3 rings (SSSR count). The van der Waals surface area contributed by atoms with E-state index in [-0.39, 0.29) is 18.3 Å². The third kappa shape index (κ3) is 12.0. The van der Waals surface area contributed by atoms with Gasteiger partial charge in [-0.1, -0.05) is 57.7 Å². The average Bonchev–Trinajstić information content (AvgIpc) is 3.02. The van der Waals surface area contributed by atoms with E-state index in [1.54, 1.807) is 24.3 Å². The van der Waals surface area contributed by atoms with Crippen molar-refractivity contribution >= 4 is 46.9 Å².